The molecule has 0 saturated heterocycles. The summed E-state index contributed by atoms with van der Waals surface area (Å²) in [5.41, 5.74) is 7.84. The zero-order valence-corrected chi connectivity index (χ0v) is 16.8. The Hall–Kier alpha value is -3.27. The van der Waals surface area contributed by atoms with Gasteiger partial charge in [0.25, 0.3) is 5.91 Å². The molecule has 2 aromatic heterocycles. The third-order valence-electron chi connectivity index (χ3n) is 4.76. The highest BCUT2D eigenvalue weighted by molar-refractivity contribution is 7.20. The minimum absolute atomic E-state index is 0.0272. The molecule has 0 bridgehead atoms. The molecule has 3 heterocycles. The van der Waals surface area contributed by atoms with Crippen molar-refractivity contribution in [1.82, 2.24) is 15.3 Å². The molecule has 0 aliphatic carbocycles. The van der Waals surface area contributed by atoms with Crippen molar-refractivity contribution in [3.63, 3.8) is 0 Å². The molecule has 29 heavy (non-hydrogen) atoms. The van der Waals surface area contributed by atoms with Gasteiger partial charge in [-0.05, 0) is 30.7 Å². The van der Waals surface area contributed by atoms with Gasteiger partial charge in [-0.25, -0.2) is 9.97 Å². The third-order valence-corrected chi connectivity index (χ3v) is 5.79. The van der Waals surface area contributed by atoms with Crippen molar-refractivity contribution >= 4 is 39.1 Å². The van der Waals surface area contributed by atoms with Crippen LogP contribution in [0.25, 0.3) is 10.2 Å². The minimum Gasteiger partial charge on any atom is -0.490 e. The number of carbonyl (C=O) groups is 1. The number of fused-ring (bicyclic) bond motifs is 2. The largest absolute Gasteiger partial charge is 0.490 e. The van der Waals surface area contributed by atoms with Gasteiger partial charge in [-0.2, -0.15) is 0 Å². The Labute approximate surface area is 170 Å². The maximum Gasteiger partial charge on any atom is 0.261 e. The van der Waals surface area contributed by atoms with Crippen LogP contribution in [0.3, 0.4) is 0 Å². The molecule has 3 N–H and O–H groups in total. The van der Waals surface area contributed by atoms with Crippen molar-refractivity contribution in [2.45, 2.75) is 13.0 Å². The number of benzene rings is 1. The number of hydrogen-bond acceptors (Lipinski definition) is 9. The van der Waals surface area contributed by atoms with Crippen LogP contribution in [0, 0.1) is 4.91 Å². The van der Waals surface area contributed by atoms with Gasteiger partial charge in [0.05, 0.1) is 22.8 Å². The molecule has 150 valence electrons. The molecular weight excluding hydrogens is 392 g/mol. The van der Waals surface area contributed by atoms with E-state index in [9.17, 15) is 9.70 Å². The summed E-state index contributed by atoms with van der Waals surface area (Å²) in [6.45, 7) is 3.71. The number of anilines is 2. The van der Waals surface area contributed by atoms with E-state index in [4.69, 9.17) is 10.5 Å². The lowest BCUT2D eigenvalue weighted by Crippen LogP contribution is -2.28. The summed E-state index contributed by atoms with van der Waals surface area (Å²) in [6.07, 6.45) is 0. The van der Waals surface area contributed by atoms with E-state index in [1.165, 1.54) is 11.3 Å². The van der Waals surface area contributed by atoms with Crippen LogP contribution in [0.5, 0.6) is 5.75 Å². The number of nitrogens with two attached hydrogens (primary N) is 1. The molecule has 1 aliphatic rings. The van der Waals surface area contributed by atoms with Crippen LogP contribution in [0.1, 0.15) is 33.9 Å². The standard InChI is InChI=1S/C19H20N6O3S/c1-3-21-17(26)14-9-11-16(22-19(20)23-18(11)29-14)15(24-27)10-4-5-12-13(8-10)28-7-6-25(12)2/h4-5,8-9,15H,3,6-7H2,1-2H3,(H,21,26)(H2,20,22,23). The molecule has 1 aliphatic heterocycles. The number of aromatic nitrogens is 2. The number of ether oxygens (including phenoxy) is 1. The van der Waals surface area contributed by atoms with Crippen molar-refractivity contribution < 1.29 is 9.53 Å². The van der Waals surface area contributed by atoms with Gasteiger partial charge < -0.3 is 20.7 Å². The average molecular weight is 412 g/mol. The number of thiophene rings is 1. The molecule has 0 fully saturated rings. The molecule has 3 aromatic rings. The van der Waals surface area contributed by atoms with Crippen LogP contribution >= 0.6 is 11.3 Å². The van der Waals surface area contributed by atoms with Crippen LogP contribution in [0.4, 0.5) is 11.6 Å². The van der Waals surface area contributed by atoms with E-state index in [0.29, 0.717) is 45.3 Å². The zero-order valence-electron chi connectivity index (χ0n) is 16.0. The van der Waals surface area contributed by atoms with E-state index in [2.05, 4.69) is 25.4 Å². The molecule has 1 atom stereocenters. The van der Waals surface area contributed by atoms with Gasteiger partial charge in [0, 0.05) is 19.0 Å². The van der Waals surface area contributed by atoms with Gasteiger partial charge in [0.1, 0.15) is 17.2 Å². The van der Waals surface area contributed by atoms with E-state index in [1.54, 1.807) is 12.1 Å². The van der Waals surface area contributed by atoms with Crippen LogP contribution in [0.2, 0.25) is 0 Å². The first-order chi connectivity index (χ1) is 14.0. The Bertz CT molecular complexity index is 1100. The molecule has 0 spiro atoms. The molecule has 1 amide bonds. The normalized spacial score (nSPS) is 14.2. The number of likely N-dealkylation sites (N-methyl/N-ethyl adjacent to an activating group) is 1. The van der Waals surface area contributed by atoms with E-state index < -0.39 is 6.04 Å². The molecule has 0 saturated carbocycles. The van der Waals surface area contributed by atoms with Crippen molar-refractivity contribution in [1.29, 1.82) is 0 Å². The second-order valence-electron chi connectivity index (χ2n) is 6.66. The zero-order chi connectivity index (χ0) is 20.5. The lowest BCUT2D eigenvalue weighted by Gasteiger charge is -2.28. The fourth-order valence-corrected chi connectivity index (χ4v) is 4.30. The first-order valence-electron chi connectivity index (χ1n) is 9.17. The Kier molecular flexibility index (Phi) is 5.01. The maximum absolute atomic E-state index is 12.2. The Morgan fingerprint density at radius 1 is 1.41 bits per heavy atom. The maximum atomic E-state index is 12.2. The number of carbonyl (C=O) groups excluding carboxylic acids is 1. The highest BCUT2D eigenvalue weighted by Crippen LogP contribution is 2.38. The number of nitrogens with zero attached hydrogens (tertiary/aromatic N) is 4. The molecule has 9 nitrogen and oxygen atoms in total. The molecule has 1 unspecified atom stereocenters. The molecule has 1 aromatic carbocycles. The fraction of sp³-hybridized carbons (Fsp3) is 0.316. The molecular formula is C19H20N6O3S. The van der Waals surface area contributed by atoms with Gasteiger partial charge in [-0.1, -0.05) is 11.2 Å². The molecule has 4 rings (SSSR count). The summed E-state index contributed by atoms with van der Waals surface area (Å²) in [5, 5.41) is 6.66. The van der Waals surface area contributed by atoms with Gasteiger partial charge >= 0.3 is 0 Å². The van der Waals surface area contributed by atoms with Crippen LogP contribution in [0.15, 0.2) is 29.4 Å². The summed E-state index contributed by atoms with van der Waals surface area (Å²) in [5.74, 6) is 0.511. The smallest absolute Gasteiger partial charge is 0.261 e. The van der Waals surface area contributed by atoms with E-state index >= 15 is 0 Å². The van der Waals surface area contributed by atoms with Crippen LogP contribution < -0.4 is 20.7 Å². The third kappa shape index (κ3) is 3.46. The van der Waals surface area contributed by atoms with Gasteiger partial charge in [-0.3, -0.25) is 4.79 Å². The number of nitroso groups, excluding NO2 is 1. The Morgan fingerprint density at radius 3 is 3.00 bits per heavy atom. The van der Waals surface area contributed by atoms with Crippen LogP contribution in [-0.2, 0) is 0 Å². The first kappa shape index (κ1) is 19.1. The highest BCUT2D eigenvalue weighted by atomic mass is 32.1. The number of nitrogens with one attached hydrogen (secondary N) is 1. The van der Waals surface area contributed by atoms with Crippen molar-refractivity contribution in [3.05, 3.63) is 45.3 Å². The summed E-state index contributed by atoms with van der Waals surface area (Å²) in [7, 11) is 1.99. The molecule has 0 radical (unpaired) electrons. The van der Waals surface area contributed by atoms with Gasteiger partial charge in [-0.15, -0.1) is 16.2 Å². The van der Waals surface area contributed by atoms with E-state index in [0.717, 1.165) is 12.2 Å². The predicted molar refractivity (Wildman–Crippen MR) is 113 cm³/mol. The van der Waals surface area contributed by atoms with Gasteiger partial charge in [0.2, 0.25) is 5.95 Å². The van der Waals surface area contributed by atoms with Crippen molar-refractivity contribution in [2.24, 2.45) is 5.18 Å². The molecule has 10 heteroatoms. The SMILES string of the molecule is CCNC(=O)c1cc2c(C(N=O)c3ccc4c(c3)OCCN4C)nc(N)nc2s1. The number of nitrogen functional groups attached to an aromatic ring is 1. The highest BCUT2D eigenvalue weighted by Gasteiger charge is 2.25. The Morgan fingerprint density at radius 2 is 2.24 bits per heavy atom. The van der Waals surface area contributed by atoms with E-state index in [1.807, 2.05) is 26.1 Å². The summed E-state index contributed by atoms with van der Waals surface area (Å²) in [4.78, 5) is 35.7. The van der Waals surface area contributed by atoms with E-state index in [-0.39, 0.29) is 11.9 Å². The summed E-state index contributed by atoms with van der Waals surface area (Å²) >= 11 is 1.20. The summed E-state index contributed by atoms with van der Waals surface area (Å²) in [6, 6.07) is 6.31. The lowest BCUT2D eigenvalue weighted by molar-refractivity contribution is 0.0960. The first-order valence-corrected chi connectivity index (χ1v) is 9.99. The Balaban J connectivity index is 1.81. The topological polar surface area (TPSA) is 123 Å². The quantitative estimate of drug-likeness (QED) is 0.618. The van der Waals surface area contributed by atoms with Crippen LogP contribution in [-0.4, -0.2) is 42.6 Å². The van der Waals surface area contributed by atoms with Crippen molar-refractivity contribution in [3.8, 4) is 5.75 Å². The average Bonchev–Trinajstić information content (AvgIpc) is 3.13. The van der Waals surface area contributed by atoms with Gasteiger partial charge in [0.15, 0.2) is 6.04 Å². The number of rotatable bonds is 5. The monoisotopic (exact) mass is 412 g/mol. The second kappa shape index (κ2) is 7.63. The number of hydrogen-bond donors (Lipinski definition) is 2. The van der Waals surface area contributed by atoms with Crippen molar-refractivity contribution in [2.75, 3.05) is 37.4 Å². The minimum atomic E-state index is -0.902. The second-order valence-corrected chi connectivity index (χ2v) is 7.69. The lowest BCUT2D eigenvalue weighted by atomic mass is 10.0. The fourth-order valence-electron chi connectivity index (χ4n) is 3.34. The summed E-state index contributed by atoms with van der Waals surface area (Å²) < 4.78 is 5.75. The predicted octanol–water partition coefficient (Wildman–Crippen LogP) is 2.71. The number of amides is 1.